The molecule has 19 heavy (non-hydrogen) atoms. The van der Waals surface area contributed by atoms with Crippen LogP contribution < -0.4 is 5.32 Å². The van der Waals surface area contributed by atoms with Gasteiger partial charge >= 0.3 is 0 Å². The van der Waals surface area contributed by atoms with Crippen LogP contribution >= 0.6 is 0 Å². The first-order valence-electron chi connectivity index (χ1n) is 7.76. The third kappa shape index (κ3) is 4.66. The van der Waals surface area contributed by atoms with E-state index in [0.717, 1.165) is 43.7 Å². The molecule has 3 heteroatoms. The molecule has 0 aromatic carbocycles. The average Bonchev–Trinajstić information content (AvgIpc) is 3.13. The van der Waals surface area contributed by atoms with E-state index in [2.05, 4.69) is 37.1 Å². The van der Waals surface area contributed by atoms with Gasteiger partial charge < -0.3 is 9.73 Å². The summed E-state index contributed by atoms with van der Waals surface area (Å²) in [6.07, 6.45) is 5.06. The molecule has 0 aliphatic heterocycles. The lowest BCUT2D eigenvalue weighted by molar-refractivity contribution is 0.241. The Morgan fingerprint density at radius 3 is 2.53 bits per heavy atom. The minimum absolute atomic E-state index is 0.740. The first kappa shape index (κ1) is 14.6. The molecule has 0 atom stereocenters. The minimum atomic E-state index is 0.740. The van der Waals surface area contributed by atoms with Gasteiger partial charge in [-0.05, 0) is 57.3 Å². The van der Waals surface area contributed by atoms with E-state index in [1.54, 1.807) is 0 Å². The van der Waals surface area contributed by atoms with Gasteiger partial charge in [-0.3, -0.25) is 4.90 Å². The number of rotatable bonds is 9. The molecule has 1 fully saturated rings. The summed E-state index contributed by atoms with van der Waals surface area (Å²) in [4.78, 5) is 2.48. The van der Waals surface area contributed by atoms with Gasteiger partial charge in [-0.15, -0.1) is 0 Å². The minimum Gasteiger partial charge on any atom is -0.463 e. The van der Waals surface area contributed by atoms with Crippen molar-refractivity contribution < 1.29 is 4.42 Å². The number of hydrogen-bond acceptors (Lipinski definition) is 3. The van der Waals surface area contributed by atoms with Crippen LogP contribution in [0.1, 0.15) is 56.6 Å². The second-order valence-corrected chi connectivity index (χ2v) is 5.75. The lowest BCUT2D eigenvalue weighted by Gasteiger charge is -2.19. The van der Waals surface area contributed by atoms with E-state index >= 15 is 0 Å². The Hall–Kier alpha value is -0.800. The zero-order chi connectivity index (χ0) is 13.7. The molecule has 1 saturated carbocycles. The van der Waals surface area contributed by atoms with Gasteiger partial charge in [0.1, 0.15) is 11.5 Å². The molecule has 3 nitrogen and oxygen atoms in total. The van der Waals surface area contributed by atoms with Crippen molar-refractivity contribution in [2.24, 2.45) is 0 Å². The van der Waals surface area contributed by atoms with Crippen molar-refractivity contribution in [3.63, 3.8) is 0 Å². The molecular formula is C16H28N2O. The highest BCUT2D eigenvalue weighted by molar-refractivity contribution is 5.20. The maximum Gasteiger partial charge on any atom is 0.120 e. The van der Waals surface area contributed by atoms with Gasteiger partial charge in [-0.1, -0.05) is 13.8 Å². The summed E-state index contributed by atoms with van der Waals surface area (Å²) >= 11 is 0. The van der Waals surface area contributed by atoms with E-state index in [4.69, 9.17) is 4.42 Å². The summed E-state index contributed by atoms with van der Waals surface area (Å²) in [6, 6.07) is 2.95. The predicted molar refractivity (Wildman–Crippen MR) is 79.2 cm³/mol. The summed E-state index contributed by atoms with van der Waals surface area (Å²) in [5.41, 5.74) is 1.29. The SMILES string of the molecule is CCCN(CCC)Cc1cc(C)c(CNC2CC2)o1. The first-order valence-corrected chi connectivity index (χ1v) is 7.76. The van der Waals surface area contributed by atoms with Crippen LogP contribution in [0.2, 0.25) is 0 Å². The van der Waals surface area contributed by atoms with Gasteiger partial charge in [0.05, 0.1) is 13.1 Å². The molecule has 1 heterocycles. The highest BCUT2D eigenvalue weighted by atomic mass is 16.3. The smallest absolute Gasteiger partial charge is 0.120 e. The molecule has 2 rings (SSSR count). The van der Waals surface area contributed by atoms with Gasteiger partial charge in [0.25, 0.3) is 0 Å². The molecule has 0 radical (unpaired) electrons. The van der Waals surface area contributed by atoms with Gasteiger partial charge in [0.2, 0.25) is 0 Å². The van der Waals surface area contributed by atoms with Crippen molar-refractivity contribution in [2.75, 3.05) is 13.1 Å². The van der Waals surface area contributed by atoms with Crippen LogP contribution in [0.4, 0.5) is 0 Å². The normalized spacial score (nSPS) is 15.4. The van der Waals surface area contributed by atoms with Crippen LogP contribution in [-0.2, 0) is 13.1 Å². The Kier molecular flexibility index (Phi) is 5.46. The van der Waals surface area contributed by atoms with Crippen molar-refractivity contribution in [1.29, 1.82) is 0 Å². The fourth-order valence-electron chi connectivity index (χ4n) is 2.49. The topological polar surface area (TPSA) is 28.4 Å². The van der Waals surface area contributed by atoms with Gasteiger partial charge in [-0.2, -0.15) is 0 Å². The fourth-order valence-corrected chi connectivity index (χ4v) is 2.49. The van der Waals surface area contributed by atoms with Gasteiger partial charge in [0, 0.05) is 6.04 Å². The van der Waals surface area contributed by atoms with E-state index in [0.29, 0.717) is 0 Å². The van der Waals surface area contributed by atoms with Crippen molar-refractivity contribution >= 4 is 0 Å². The van der Waals surface area contributed by atoms with Crippen LogP contribution in [0.15, 0.2) is 10.5 Å². The molecular weight excluding hydrogens is 236 g/mol. The molecule has 0 saturated heterocycles. The van der Waals surface area contributed by atoms with Crippen LogP contribution in [0.5, 0.6) is 0 Å². The quantitative estimate of drug-likeness (QED) is 0.740. The zero-order valence-electron chi connectivity index (χ0n) is 12.7. The van der Waals surface area contributed by atoms with Crippen molar-refractivity contribution in [3.8, 4) is 0 Å². The molecule has 1 N–H and O–H groups in total. The molecule has 0 amide bonds. The van der Waals surface area contributed by atoms with Crippen LogP contribution in [0, 0.1) is 6.92 Å². The van der Waals surface area contributed by atoms with Gasteiger partial charge in [0.15, 0.2) is 0 Å². The second kappa shape index (κ2) is 7.11. The Balaban J connectivity index is 1.89. The lowest BCUT2D eigenvalue weighted by atomic mass is 10.2. The number of furan rings is 1. The predicted octanol–water partition coefficient (Wildman–Crippen LogP) is 3.46. The third-order valence-electron chi connectivity index (χ3n) is 3.66. The number of hydrogen-bond donors (Lipinski definition) is 1. The standard InChI is InChI=1S/C16H28N2O/c1-4-8-18(9-5-2)12-15-10-13(3)16(19-15)11-17-14-6-7-14/h10,14,17H,4-9,11-12H2,1-3H3. The molecule has 0 spiro atoms. The second-order valence-electron chi connectivity index (χ2n) is 5.75. The van der Waals surface area contributed by atoms with E-state index in [1.807, 2.05) is 0 Å². The highest BCUT2D eigenvalue weighted by Crippen LogP contribution is 2.21. The molecule has 1 aromatic rings. The van der Waals surface area contributed by atoms with E-state index in [9.17, 15) is 0 Å². The van der Waals surface area contributed by atoms with E-state index in [-0.39, 0.29) is 0 Å². The molecule has 1 aliphatic rings. The van der Waals surface area contributed by atoms with Crippen molar-refractivity contribution in [2.45, 2.75) is 65.6 Å². The molecule has 108 valence electrons. The summed E-state index contributed by atoms with van der Waals surface area (Å²) in [7, 11) is 0. The van der Waals surface area contributed by atoms with Gasteiger partial charge in [-0.25, -0.2) is 0 Å². The number of nitrogens with zero attached hydrogens (tertiary/aromatic N) is 1. The Labute approximate surface area is 117 Å². The average molecular weight is 264 g/mol. The molecule has 0 bridgehead atoms. The first-order chi connectivity index (χ1) is 9.22. The van der Waals surface area contributed by atoms with Crippen LogP contribution in [0.25, 0.3) is 0 Å². The Morgan fingerprint density at radius 2 is 1.95 bits per heavy atom. The van der Waals surface area contributed by atoms with Crippen molar-refractivity contribution in [1.82, 2.24) is 10.2 Å². The van der Waals surface area contributed by atoms with E-state index < -0.39 is 0 Å². The number of aryl methyl sites for hydroxylation is 1. The largest absolute Gasteiger partial charge is 0.463 e. The summed E-state index contributed by atoms with van der Waals surface area (Å²) in [5, 5.41) is 3.52. The Bertz CT molecular complexity index is 376. The maximum atomic E-state index is 6.01. The molecule has 1 aromatic heterocycles. The summed E-state index contributed by atoms with van der Waals surface area (Å²) in [5.74, 6) is 2.24. The molecule has 0 unspecified atom stereocenters. The number of nitrogens with one attached hydrogen (secondary N) is 1. The Morgan fingerprint density at radius 1 is 1.26 bits per heavy atom. The summed E-state index contributed by atoms with van der Waals surface area (Å²) < 4.78 is 6.01. The maximum absolute atomic E-state index is 6.01. The van der Waals surface area contributed by atoms with Crippen LogP contribution in [-0.4, -0.2) is 24.0 Å². The monoisotopic (exact) mass is 264 g/mol. The zero-order valence-corrected chi connectivity index (χ0v) is 12.7. The van der Waals surface area contributed by atoms with E-state index in [1.165, 1.54) is 31.2 Å². The third-order valence-corrected chi connectivity index (χ3v) is 3.66. The lowest BCUT2D eigenvalue weighted by Crippen LogP contribution is -2.24. The van der Waals surface area contributed by atoms with Crippen LogP contribution in [0.3, 0.4) is 0 Å². The molecule has 1 aliphatic carbocycles. The fraction of sp³-hybridized carbons (Fsp3) is 0.750. The highest BCUT2D eigenvalue weighted by Gasteiger charge is 2.21. The van der Waals surface area contributed by atoms with Crippen molar-refractivity contribution in [3.05, 3.63) is 23.2 Å². The summed E-state index contributed by atoms with van der Waals surface area (Å²) in [6.45, 7) is 10.8.